The number of para-hydroxylation sites is 1. The average Bonchev–Trinajstić information content (AvgIpc) is 2.69. The topological polar surface area (TPSA) is 115 Å². The predicted molar refractivity (Wildman–Crippen MR) is 67.2 cm³/mol. The number of oxime groups is 1. The Labute approximate surface area is 109 Å². The minimum atomic E-state index is -1.16. The predicted octanol–water partition coefficient (Wildman–Crippen LogP) is -0.654. The first-order chi connectivity index (χ1) is 9.17. The van der Waals surface area contributed by atoms with Gasteiger partial charge in [-0.05, 0) is 6.07 Å². The van der Waals surface area contributed by atoms with Crippen LogP contribution < -0.4 is 5.32 Å². The molecule has 1 heterocycles. The van der Waals surface area contributed by atoms with Crippen molar-refractivity contribution in [3.63, 3.8) is 0 Å². The summed E-state index contributed by atoms with van der Waals surface area (Å²) >= 11 is 0. The Morgan fingerprint density at radius 3 is 2.63 bits per heavy atom. The molecule has 0 amide bonds. The number of benzene rings is 1. The molecule has 1 aliphatic rings. The first-order valence-electron chi connectivity index (χ1n) is 5.83. The number of nitrogens with one attached hydrogen (secondary N) is 1. The molecule has 4 unspecified atom stereocenters. The van der Waals surface area contributed by atoms with Crippen LogP contribution in [0.4, 0.5) is 5.69 Å². The molecule has 0 aliphatic carbocycles. The van der Waals surface area contributed by atoms with Crippen LogP contribution in [0.15, 0.2) is 29.4 Å². The molecule has 0 saturated carbocycles. The van der Waals surface area contributed by atoms with Gasteiger partial charge in [0.15, 0.2) is 6.23 Å². The summed E-state index contributed by atoms with van der Waals surface area (Å²) in [6.45, 7) is -0.379. The van der Waals surface area contributed by atoms with Crippen LogP contribution in [0.3, 0.4) is 0 Å². The highest BCUT2D eigenvalue weighted by Crippen LogP contribution is 2.24. The van der Waals surface area contributed by atoms with Crippen LogP contribution in [0.2, 0.25) is 0 Å². The van der Waals surface area contributed by atoms with Crippen molar-refractivity contribution in [2.75, 3.05) is 11.9 Å². The van der Waals surface area contributed by atoms with Gasteiger partial charge in [-0.2, -0.15) is 0 Å². The van der Waals surface area contributed by atoms with Crippen molar-refractivity contribution in [3.8, 4) is 0 Å². The van der Waals surface area contributed by atoms with E-state index in [0.717, 1.165) is 0 Å². The van der Waals surface area contributed by atoms with Gasteiger partial charge >= 0.3 is 0 Å². The van der Waals surface area contributed by atoms with Crippen LogP contribution in [0.1, 0.15) is 5.56 Å². The molecule has 1 aliphatic heterocycles. The number of ether oxygens (including phenoxy) is 1. The van der Waals surface area contributed by atoms with Crippen molar-refractivity contribution >= 4 is 11.9 Å². The van der Waals surface area contributed by atoms with E-state index in [0.29, 0.717) is 11.3 Å². The Bertz CT molecular complexity index is 454. The Hall–Kier alpha value is -1.67. The fourth-order valence-corrected chi connectivity index (χ4v) is 1.98. The van der Waals surface area contributed by atoms with Crippen LogP contribution in [0.25, 0.3) is 0 Å². The largest absolute Gasteiger partial charge is 0.411 e. The normalized spacial score (nSPS) is 30.9. The minimum absolute atomic E-state index is 0.379. The molecule has 0 aromatic heterocycles. The van der Waals surface area contributed by atoms with Crippen LogP contribution >= 0.6 is 0 Å². The maximum absolute atomic E-state index is 9.81. The number of rotatable bonds is 4. The smallest absolute Gasteiger partial charge is 0.157 e. The Morgan fingerprint density at radius 1 is 1.26 bits per heavy atom. The van der Waals surface area contributed by atoms with E-state index in [1.807, 2.05) is 0 Å². The first kappa shape index (κ1) is 13.8. The van der Waals surface area contributed by atoms with Crippen molar-refractivity contribution in [2.24, 2.45) is 5.16 Å². The SMILES string of the molecule is OCC1OC(Nc2ccccc2/C=N/O)C(O)C1O. The molecular formula is C12H16N2O5. The van der Waals surface area contributed by atoms with Gasteiger partial charge in [0.1, 0.15) is 18.3 Å². The molecule has 7 nitrogen and oxygen atoms in total. The van der Waals surface area contributed by atoms with Gasteiger partial charge in [-0.3, -0.25) is 0 Å². The highest BCUT2D eigenvalue weighted by Gasteiger charge is 2.42. The zero-order chi connectivity index (χ0) is 13.8. The monoisotopic (exact) mass is 268 g/mol. The highest BCUT2D eigenvalue weighted by molar-refractivity contribution is 5.87. The molecule has 0 radical (unpaired) electrons. The summed E-state index contributed by atoms with van der Waals surface area (Å²) in [6, 6.07) is 6.95. The van der Waals surface area contributed by atoms with E-state index in [1.54, 1.807) is 24.3 Å². The fourth-order valence-electron chi connectivity index (χ4n) is 1.98. The highest BCUT2D eigenvalue weighted by atomic mass is 16.6. The second-order valence-corrected chi connectivity index (χ2v) is 4.24. The number of nitrogens with zero attached hydrogens (tertiary/aromatic N) is 1. The lowest BCUT2D eigenvalue weighted by molar-refractivity contribution is -0.0153. The van der Waals surface area contributed by atoms with E-state index in [2.05, 4.69) is 10.5 Å². The second kappa shape index (κ2) is 5.98. The standard InChI is InChI=1S/C12H16N2O5/c15-6-9-10(16)11(17)12(19-9)14-8-4-2-1-3-7(8)5-13-18/h1-5,9-12,14-18H,6H2/b13-5+. The minimum Gasteiger partial charge on any atom is -0.411 e. The fraction of sp³-hybridized carbons (Fsp3) is 0.417. The Kier molecular flexibility index (Phi) is 4.33. The molecule has 4 atom stereocenters. The third kappa shape index (κ3) is 2.85. The van der Waals surface area contributed by atoms with Crippen LogP contribution in [-0.4, -0.2) is 57.9 Å². The van der Waals surface area contributed by atoms with E-state index in [9.17, 15) is 10.2 Å². The van der Waals surface area contributed by atoms with Gasteiger partial charge in [-0.25, -0.2) is 0 Å². The molecule has 5 N–H and O–H groups in total. The van der Waals surface area contributed by atoms with E-state index < -0.39 is 24.5 Å². The van der Waals surface area contributed by atoms with Crippen molar-refractivity contribution in [1.82, 2.24) is 0 Å². The Morgan fingerprint density at radius 2 is 2.00 bits per heavy atom. The maximum Gasteiger partial charge on any atom is 0.157 e. The summed E-state index contributed by atoms with van der Waals surface area (Å²) in [4.78, 5) is 0. The number of hydrogen-bond acceptors (Lipinski definition) is 7. The van der Waals surface area contributed by atoms with E-state index in [4.69, 9.17) is 15.1 Å². The van der Waals surface area contributed by atoms with Gasteiger partial charge in [0.25, 0.3) is 0 Å². The number of anilines is 1. The summed E-state index contributed by atoms with van der Waals surface area (Å²) in [5.41, 5.74) is 1.18. The number of hydrogen-bond donors (Lipinski definition) is 5. The summed E-state index contributed by atoms with van der Waals surface area (Å²) in [7, 11) is 0. The molecule has 1 saturated heterocycles. The van der Waals surface area contributed by atoms with Gasteiger partial charge in [-0.15, -0.1) is 0 Å². The van der Waals surface area contributed by atoms with Crippen LogP contribution in [0, 0.1) is 0 Å². The summed E-state index contributed by atoms with van der Waals surface area (Å²) in [5.74, 6) is 0. The quantitative estimate of drug-likeness (QED) is 0.281. The Balaban J connectivity index is 2.14. The maximum atomic E-state index is 9.81. The lowest BCUT2D eigenvalue weighted by Gasteiger charge is -2.18. The summed E-state index contributed by atoms with van der Waals surface area (Å²) < 4.78 is 5.30. The zero-order valence-corrected chi connectivity index (χ0v) is 10.0. The van der Waals surface area contributed by atoms with Crippen LogP contribution in [-0.2, 0) is 4.74 Å². The zero-order valence-electron chi connectivity index (χ0n) is 10.0. The third-order valence-electron chi connectivity index (χ3n) is 3.00. The van der Waals surface area contributed by atoms with Crippen molar-refractivity contribution in [1.29, 1.82) is 0 Å². The second-order valence-electron chi connectivity index (χ2n) is 4.24. The van der Waals surface area contributed by atoms with Gasteiger partial charge < -0.3 is 30.6 Å². The van der Waals surface area contributed by atoms with E-state index >= 15 is 0 Å². The third-order valence-corrected chi connectivity index (χ3v) is 3.00. The van der Waals surface area contributed by atoms with Crippen LogP contribution in [0.5, 0.6) is 0 Å². The van der Waals surface area contributed by atoms with E-state index in [1.165, 1.54) is 6.21 Å². The van der Waals surface area contributed by atoms with Gasteiger partial charge in [0.2, 0.25) is 0 Å². The van der Waals surface area contributed by atoms with Gasteiger partial charge in [0.05, 0.1) is 12.8 Å². The molecule has 0 spiro atoms. The van der Waals surface area contributed by atoms with Gasteiger partial charge in [-0.1, -0.05) is 23.4 Å². The number of aliphatic hydroxyl groups is 3. The molecule has 1 aromatic rings. The van der Waals surface area contributed by atoms with Crippen molar-refractivity contribution < 1.29 is 25.3 Å². The molecule has 19 heavy (non-hydrogen) atoms. The van der Waals surface area contributed by atoms with Crippen molar-refractivity contribution in [2.45, 2.75) is 24.5 Å². The molecular weight excluding hydrogens is 252 g/mol. The molecule has 1 fully saturated rings. The summed E-state index contributed by atoms with van der Waals surface area (Å²) in [5, 5.41) is 42.9. The molecule has 0 bridgehead atoms. The molecule has 104 valence electrons. The summed E-state index contributed by atoms with van der Waals surface area (Å²) in [6.07, 6.45) is -2.74. The lowest BCUT2D eigenvalue weighted by atomic mass is 10.1. The molecule has 1 aromatic carbocycles. The average molecular weight is 268 g/mol. The molecule has 7 heteroatoms. The first-order valence-corrected chi connectivity index (χ1v) is 5.83. The number of aliphatic hydroxyl groups excluding tert-OH is 3. The van der Waals surface area contributed by atoms with E-state index in [-0.39, 0.29) is 6.61 Å². The molecule has 2 rings (SSSR count). The van der Waals surface area contributed by atoms with Gasteiger partial charge in [0, 0.05) is 11.3 Å². The van der Waals surface area contributed by atoms with Crippen molar-refractivity contribution in [3.05, 3.63) is 29.8 Å². The lowest BCUT2D eigenvalue weighted by Crippen LogP contribution is -2.36.